The maximum absolute atomic E-state index is 13.6. The second-order valence-electron chi connectivity index (χ2n) is 10.1. The lowest BCUT2D eigenvalue weighted by Crippen LogP contribution is -2.39. The number of allylic oxidation sites excluding steroid dienone is 3. The van der Waals surface area contributed by atoms with Gasteiger partial charge < -0.3 is 10.5 Å². The van der Waals surface area contributed by atoms with E-state index in [1.807, 2.05) is 38.1 Å². The largest absolute Gasteiger partial charge is 0.487 e. The number of benzene rings is 3. The Hall–Kier alpha value is -4.32. The van der Waals surface area contributed by atoms with Crippen molar-refractivity contribution < 1.29 is 14.5 Å². The highest BCUT2D eigenvalue weighted by molar-refractivity contribution is 6.32. The zero-order chi connectivity index (χ0) is 29.4. The van der Waals surface area contributed by atoms with Gasteiger partial charge in [-0.2, -0.15) is 5.26 Å². The van der Waals surface area contributed by atoms with Gasteiger partial charge in [0, 0.05) is 23.8 Å². The molecule has 8 nitrogen and oxygen atoms in total. The number of aryl methyl sites for hydroxylation is 1. The first-order chi connectivity index (χ1) is 19.6. The van der Waals surface area contributed by atoms with E-state index in [0.717, 1.165) is 22.3 Å². The summed E-state index contributed by atoms with van der Waals surface area (Å²) in [6.07, 6.45) is 1.44. The molecule has 208 valence electrons. The van der Waals surface area contributed by atoms with Gasteiger partial charge in [-0.3, -0.25) is 19.8 Å². The molecule has 2 N–H and O–H groups in total. The molecule has 1 atom stereocenters. The number of nitriles is 1. The summed E-state index contributed by atoms with van der Waals surface area (Å²) in [5.74, 6) is -0.103. The van der Waals surface area contributed by atoms with E-state index in [1.54, 1.807) is 23.1 Å². The van der Waals surface area contributed by atoms with Crippen LogP contribution in [0.15, 0.2) is 77.3 Å². The molecule has 0 bridgehead atoms. The maximum Gasteiger partial charge on any atom is 0.289 e. The smallest absolute Gasteiger partial charge is 0.289 e. The predicted molar refractivity (Wildman–Crippen MR) is 158 cm³/mol. The van der Waals surface area contributed by atoms with Crippen LogP contribution in [0.4, 0.5) is 11.4 Å². The van der Waals surface area contributed by atoms with Crippen molar-refractivity contribution in [2.75, 3.05) is 4.90 Å². The van der Waals surface area contributed by atoms with Gasteiger partial charge in [0.25, 0.3) is 5.69 Å². The number of para-hydroxylation sites is 1. The fourth-order valence-electron chi connectivity index (χ4n) is 5.60. The number of nitro groups is 1. The molecule has 5 rings (SSSR count). The third-order valence-corrected chi connectivity index (χ3v) is 8.16. The van der Waals surface area contributed by atoms with E-state index in [-0.39, 0.29) is 34.5 Å². The summed E-state index contributed by atoms with van der Waals surface area (Å²) in [4.78, 5) is 26.2. The number of nitrogens with two attached hydrogens (primary N) is 1. The Balaban J connectivity index is 1.66. The molecule has 1 aliphatic carbocycles. The van der Waals surface area contributed by atoms with Crippen LogP contribution in [0, 0.1) is 35.3 Å². The first-order valence-electron chi connectivity index (χ1n) is 13.0. The van der Waals surface area contributed by atoms with Crippen LogP contribution in [-0.4, -0.2) is 10.7 Å². The quantitative estimate of drug-likeness (QED) is 0.235. The third kappa shape index (κ3) is 5.15. The Morgan fingerprint density at radius 3 is 2.59 bits per heavy atom. The Labute approximate surface area is 247 Å². The second-order valence-corrected chi connectivity index (χ2v) is 10.9. The lowest BCUT2D eigenvalue weighted by molar-refractivity contribution is -0.384. The lowest BCUT2D eigenvalue weighted by atomic mass is 9.73. The Morgan fingerprint density at radius 2 is 1.88 bits per heavy atom. The molecule has 41 heavy (non-hydrogen) atoms. The molecule has 1 unspecified atom stereocenters. The van der Waals surface area contributed by atoms with Crippen LogP contribution in [0.3, 0.4) is 0 Å². The van der Waals surface area contributed by atoms with E-state index in [9.17, 15) is 20.2 Å². The number of nitro benzene ring substituents is 1. The summed E-state index contributed by atoms with van der Waals surface area (Å²) < 4.78 is 6.03. The molecule has 3 aromatic carbocycles. The number of anilines is 1. The van der Waals surface area contributed by atoms with Gasteiger partial charge in [-0.15, -0.1) is 0 Å². The van der Waals surface area contributed by atoms with Crippen LogP contribution in [0.1, 0.15) is 47.4 Å². The van der Waals surface area contributed by atoms with Crippen molar-refractivity contribution in [2.45, 2.75) is 45.6 Å². The summed E-state index contributed by atoms with van der Waals surface area (Å²) in [6, 6.07) is 17.8. The number of carbonyl (C=O) groups is 1. The zero-order valence-corrected chi connectivity index (χ0v) is 23.9. The number of ether oxygens (including phenoxy) is 1. The summed E-state index contributed by atoms with van der Waals surface area (Å²) in [5.41, 5.74) is 11.5. The second kappa shape index (κ2) is 11.3. The predicted octanol–water partition coefficient (Wildman–Crippen LogP) is 7.40. The van der Waals surface area contributed by atoms with E-state index in [2.05, 4.69) is 6.07 Å². The molecule has 0 saturated heterocycles. The molecule has 3 aromatic rings. The molecule has 0 amide bonds. The first-order valence-corrected chi connectivity index (χ1v) is 13.7. The number of hydrogen-bond acceptors (Lipinski definition) is 7. The molecular weight excluding hydrogens is 563 g/mol. The first kappa shape index (κ1) is 28.2. The molecule has 0 fully saturated rings. The Morgan fingerprint density at radius 1 is 1.12 bits per heavy atom. The summed E-state index contributed by atoms with van der Waals surface area (Å²) in [5, 5.41) is 22.5. The molecule has 10 heteroatoms. The van der Waals surface area contributed by atoms with Gasteiger partial charge in [0.05, 0.1) is 33.2 Å². The van der Waals surface area contributed by atoms with Crippen LogP contribution < -0.4 is 15.4 Å². The normalized spacial score (nSPS) is 16.9. The van der Waals surface area contributed by atoms with Crippen molar-refractivity contribution in [3.05, 3.63) is 120 Å². The molecular formula is C31H26Cl2N4O4. The van der Waals surface area contributed by atoms with Crippen LogP contribution in [0.2, 0.25) is 10.0 Å². The maximum atomic E-state index is 13.6. The van der Waals surface area contributed by atoms with E-state index < -0.39 is 10.8 Å². The van der Waals surface area contributed by atoms with Gasteiger partial charge in [-0.25, -0.2) is 0 Å². The van der Waals surface area contributed by atoms with Crippen molar-refractivity contribution in [1.29, 1.82) is 5.26 Å². The van der Waals surface area contributed by atoms with Crippen molar-refractivity contribution in [3.63, 3.8) is 0 Å². The third-order valence-electron chi connectivity index (χ3n) is 7.53. The molecule has 1 heterocycles. The summed E-state index contributed by atoms with van der Waals surface area (Å²) in [7, 11) is 0. The minimum Gasteiger partial charge on any atom is -0.487 e. The minimum absolute atomic E-state index is 0.0208. The van der Waals surface area contributed by atoms with Crippen LogP contribution in [0.25, 0.3) is 0 Å². The topological polar surface area (TPSA) is 122 Å². The van der Waals surface area contributed by atoms with Crippen LogP contribution in [-0.2, 0) is 11.4 Å². The average molecular weight is 589 g/mol. The number of hydrogen-bond donors (Lipinski definition) is 1. The minimum atomic E-state index is -0.694. The van der Waals surface area contributed by atoms with Gasteiger partial charge in [-0.05, 0) is 67.6 Å². The Kier molecular flexibility index (Phi) is 7.76. The fraction of sp³-hybridized carbons (Fsp3) is 0.226. The average Bonchev–Trinajstić information content (AvgIpc) is 2.94. The summed E-state index contributed by atoms with van der Waals surface area (Å²) in [6.45, 7) is 4.12. The van der Waals surface area contributed by atoms with E-state index >= 15 is 0 Å². The van der Waals surface area contributed by atoms with E-state index in [0.29, 0.717) is 47.0 Å². The molecule has 0 aromatic heterocycles. The standard InChI is InChI=1S/C31H26Cl2N4O4/c1-17-12-19(16-41-28-9-4-3-6-24(28)33)18(2)21(13-17)29-22(15-34)31(35)36(25-7-5-8-27(38)30(25)29)20-10-11-23(32)26(14-20)37(39)40/h3-4,6,9-14,29H,5,7-8,16,35H2,1-2H3. The molecule has 0 radical (unpaired) electrons. The SMILES string of the molecule is Cc1cc(COc2ccccc2Cl)c(C)c(C2C(C#N)=C(N)N(c3ccc(Cl)c([N+](=O)[O-])c3)C3=C2C(=O)CCC3)c1. The fourth-order valence-corrected chi connectivity index (χ4v) is 5.98. The van der Waals surface area contributed by atoms with Gasteiger partial charge in [0.15, 0.2) is 5.78 Å². The number of Topliss-reactive ketones (excluding diaryl/α,β-unsaturated/α-hetero) is 1. The van der Waals surface area contributed by atoms with Gasteiger partial charge in [-0.1, -0.05) is 53.0 Å². The van der Waals surface area contributed by atoms with Crippen molar-refractivity contribution in [3.8, 4) is 11.8 Å². The van der Waals surface area contributed by atoms with E-state index in [4.69, 9.17) is 33.7 Å². The van der Waals surface area contributed by atoms with Crippen molar-refractivity contribution in [2.24, 2.45) is 5.73 Å². The summed E-state index contributed by atoms with van der Waals surface area (Å²) >= 11 is 12.4. The van der Waals surface area contributed by atoms with Gasteiger partial charge >= 0.3 is 0 Å². The van der Waals surface area contributed by atoms with Crippen LogP contribution >= 0.6 is 23.2 Å². The highest BCUT2D eigenvalue weighted by atomic mass is 35.5. The number of carbonyl (C=O) groups excluding carboxylic acids is 1. The van der Waals surface area contributed by atoms with Gasteiger partial charge in [0.2, 0.25) is 0 Å². The molecule has 2 aliphatic rings. The molecule has 0 saturated carbocycles. The zero-order valence-electron chi connectivity index (χ0n) is 22.4. The Bertz CT molecular complexity index is 1710. The van der Waals surface area contributed by atoms with Crippen LogP contribution in [0.5, 0.6) is 5.75 Å². The molecule has 0 spiro atoms. The van der Waals surface area contributed by atoms with E-state index in [1.165, 1.54) is 12.1 Å². The number of halogens is 2. The number of ketones is 1. The monoisotopic (exact) mass is 588 g/mol. The highest BCUT2D eigenvalue weighted by Gasteiger charge is 2.41. The number of rotatable bonds is 6. The molecule has 1 aliphatic heterocycles. The number of nitrogens with zero attached hydrogens (tertiary/aromatic N) is 3. The van der Waals surface area contributed by atoms with Gasteiger partial charge in [0.1, 0.15) is 23.2 Å². The van der Waals surface area contributed by atoms with Crippen molar-refractivity contribution in [1.82, 2.24) is 0 Å². The van der Waals surface area contributed by atoms with Crippen molar-refractivity contribution >= 4 is 40.4 Å². The lowest BCUT2D eigenvalue weighted by Gasteiger charge is -2.40. The highest BCUT2D eigenvalue weighted by Crippen LogP contribution is 2.48.